The predicted molar refractivity (Wildman–Crippen MR) is 99.5 cm³/mol. The van der Waals surface area contributed by atoms with Crippen LogP contribution in [0.15, 0.2) is 12.7 Å². The van der Waals surface area contributed by atoms with Gasteiger partial charge in [-0.2, -0.15) is 0 Å². The van der Waals surface area contributed by atoms with Crippen LogP contribution in [0, 0.1) is 0 Å². The molecule has 1 nitrogen and oxygen atoms in total. The highest BCUT2D eigenvalue weighted by Crippen LogP contribution is 2.21. The van der Waals surface area contributed by atoms with Crippen LogP contribution in [0.25, 0.3) is 0 Å². The van der Waals surface area contributed by atoms with Crippen molar-refractivity contribution in [3.05, 3.63) is 12.7 Å². The number of unbranched alkanes of at least 4 members (excludes halogenated alkanes) is 7. The standard InChI is InChI=1S/C19H40OSi/c1-6-9-10-11-12-13-14-15-17-19(16-7-2)20-21(4,5)18-8-3/h8,19H,3,6-7,9-18H2,1-2,4-5H3. The Morgan fingerprint density at radius 1 is 0.857 bits per heavy atom. The van der Waals surface area contributed by atoms with Crippen molar-refractivity contribution in [1.29, 1.82) is 0 Å². The molecule has 0 aliphatic carbocycles. The molecule has 0 aromatic rings. The summed E-state index contributed by atoms with van der Waals surface area (Å²) in [4.78, 5) is 0. The van der Waals surface area contributed by atoms with Crippen molar-refractivity contribution >= 4 is 8.32 Å². The molecule has 0 aromatic heterocycles. The quantitative estimate of drug-likeness (QED) is 0.178. The van der Waals surface area contributed by atoms with Gasteiger partial charge < -0.3 is 4.43 Å². The van der Waals surface area contributed by atoms with Crippen LogP contribution in [0.4, 0.5) is 0 Å². The summed E-state index contributed by atoms with van der Waals surface area (Å²) in [5, 5.41) is 0. The maximum atomic E-state index is 6.45. The highest BCUT2D eigenvalue weighted by Gasteiger charge is 2.24. The van der Waals surface area contributed by atoms with Gasteiger partial charge in [0, 0.05) is 6.10 Å². The minimum Gasteiger partial charge on any atom is -0.414 e. The molecule has 0 saturated heterocycles. The molecule has 1 unspecified atom stereocenters. The Kier molecular flexibility index (Phi) is 13.5. The van der Waals surface area contributed by atoms with Crippen molar-refractivity contribution in [3.8, 4) is 0 Å². The van der Waals surface area contributed by atoms with Crippen LogP contribution in [-0.4, -0.2) is 14.4 Å². The lowest BCUT2D eigenvalue weighted by molar-refractivity contribution is 0.167. The second-order valence-corrected chi connectivity index (χ2v) is 11.2. The van der Waals surface area contributed by atoms with Crippen LogP contribution in [0.5, 0.6) is 0 Å². The van der Waals surface area contributed by atoms with Gasteiger partial charge in [0.05, 0.1) is 0 Å². The molecule has 0 aliphatic rings. The summed E-state index contributed by atoms with van der Waals surface area (Å²) in [6.07, 6.45) is 17.4. The monoisotopic (exact) mass is 312 g/mol. The average Bonchev–Trinajstić information content (AvgIpc) is 2.41. The van der Waals surface area contributed by atoms with Gasteiger partial charge in [-0.25, -0.2) is 0 Å². The van der Waals surface area contributed by atoms with Gasteiger partial charge in [-0.05, 0) is 32.0 Å². The molecule has 0 aliphatic heterocycles. The summed E-state index contributed by atoms with van der Waals surface area (Å²) >= 11 is 0. The van der Waals surface area contributed by atoms with E-state index >= 15 is 0 Å². The van der Waals surface area contributed by atoms with E-state index in [0.717, 1.165) is 6.04 Å². The summed E-state index contributed by atoms with van der Waals surface area (Å²) in [5.41, 5.74) is 0. The molecule has 126 valence electrons. The Labute approximate surface area is 135 Å². The summed E-state index contributed by atoms with van der Waals surface area (Å²) in [7, 11) is -1.51. The fourth-order valence-corrected chi connectivity index (χ4v) is 4.87. The van der Waals surface area contributed by atoms with Gasteiger partial charge in [0.25, 0.3) is 0 Å². The first-order chi connectivity index (χ1) is 10.1. The highest BCUT2D eigenvalue weighted by atomic mass is 28.4. The van der Waals surface area contributed by atoms with Crippen molar-refractivity contribution in [1.82, 2.24) is 0 Å². The maximum Gasteiger partial charge on any atom is 0.190 e. The molecule has 0 amide bonds. The first kappa shape index (κ1) is 20.9. The van der Waals surface area contributed by atoms with Crippen LogP contribution in [0.3, 0.4) is 0 Å². The zero-order valence-corrected chi connectivity index (χ0v) is 16.3. The zero-order chi connectivity index (χ0) is 16.0. The van der Waals surface area contributed by atoms with Gasteiger partial charge >= 0.3 is 0 Å². The van der Waals surface area contributed by atoms with Gasteiger partial charge in [-0.3, -0.25) is 0 Å². The zero-order valence-electron chi connectivity index (χ0n) is 15.3. The molecule has 0 bridgehead atoms. The Morgan fingerprint density at radius 2 is 1.43 bits per heavy atom. The number of allylic oxidation sites excluding steroid dienone is 1. The fourth-order valence-electron chi connectivity index (χ4n) is 2.94. The molecule has 0 aromatic carbocycles. The largest absolute Gasteiger partial charge is 0.414 e. The average molecular weight is 313 g/mol. The summed E-state index contributed by atoms with van der Waals surface area (Å²) in [5.74, 6) is 0. The van der Waals surface area contributed by atoms with Gasteiger partial charge in [0.1, 0.15) is 0 Å². The van der Waals surface area contributed by atoms with E-state index < -0.39 is 8.32 Å². The summed E-state index contributed by atoms with van der Waals surface area (Å²) in [6, 6.07) is 1.07. The summed E-state index contributed by atoms with van der Waals surface area (Å²) < 4.78 is 6.45. The van der Waals surface area contributed by atoms with Crippen molar-refractivity contribution < 1.29 is 4.43 Å². The normalized spacial score (nSPS) is 13.3. The SMILES string of the molecule is C=CC[Si](C)(C)OC(CCC)CCCCCCCCCC. The molecule has 0 fully saturated rings. The van der Waals surface area contributed by atoms with E-state index in [1.807, 2.05) is 6.08 Å². The maximum absolute atomic E-state index is 6.45. The number of rotatable bonds is 15. The minimum absolute atomic E-state index is 0.497. The second kappa shape index (κ2) is 13.6. The van der Waals surface area contributed by atoms with Crippen LogP contribution < -0.4 is 0 Å². The van der Waals surface area contributed by atoms with Gasteiger partial charge in [-0.1, -0.05) is 77.7 Å². The van der Waals surface area contributed by atoms with Crippen molar-refractivity contribution in [2.24, 2.45) is 0 Å². The van der Waals surface area contributed by atoms with Crippen LogP contribution in [0.1, 0.15) is 84.5 Å². The molecule has 21 heavy (non-hydrogen) atoms. The molecule has 1 atom stereocenters. The third-order valence-electron chi connectivity index (χ3n) is 4.11. The predicted octanol–water partition coefficient (Wildman–Crippen LogP) is 7.09. The van der Waals surface area contributed by atoms with Crippen LogP contribution >= 0.6 is 0 Å². The number of hydrogen-bond acceptors (Lipinski definition) is 1. The van der Waals surface area contributed by atoms with Crippen LogP contribution in [0.2, 0.25) is 19.1 Å². The van der Waals surface area contributed by atoms with Gasteiger partial charge in [0.2, 0.25) is 0 Å². The van der Waals surface area contributed by atoms with E-state index in [9.17, 15) is 0 Å². The van der Waals surface area contributed by atoms with Gasteiger partial charge in [0.15, 0.2) is 8.32 Å². The third kappa shape index (κ3) is 13.3. The number of hydrogen-bond donors (Lipinski definition) is 0. The van der Waals surface area contributed by atoms with Crippen molar-refractivity contribution in [2.45, 2.75) is 110 Å². The molecule has 2 heteroatoms. The molecule has 0 rings (SSSR count). The molecule has 0 N–H and O–H groups in total. The molecule has 0 saturated carbocycles. The lowest BCUT2D eigenvalue weighted by Gasteiger charge is -2.28. The second-order valence-electron chi connectivity index (χ2n) is 7.04. The Bertz CT molecular complexity index is 238. The van der Waals surface area contributed by atoms with Crippen LogP contribution in [-0.2, 0) is 4.43 Å². The molecule has 0 radical (unpaired) electrons. The van der Waals surface area contributed by atoms with E-state index in [1.165, 1.54) is 70.6 Å². The van der Waals surface area contributed by atoms with Gasteiger partial charge in [-0.15, -0.1) is 6.58 Å². The summed E-state index contributed by atoms with van der Waals surface area (Å²) in [6.45, 7) is 13.1. The van der Waals surface area contributed by atoms with E-state index in [4.69, 9.17) is 4.43 Å². The smallest absolute Gasteiger partial charge is 0.190 e. The van der Waals surface area contributed by atoms with E-state index in [2.05, 4.69) is 33.5 Å². The Morgan fingerprint density at radius 3 is 1.95 bits per heavy atom. The lowest BCUT2D eigenvalue weighted by Crippen LogP contribution is -2.34. The Balaban J connectivity index is 3.76. The molecular weight excluding hydrogens is 272 g/mol. The first-order valence-corrected chi connectivity index (χ1v) is 12.5. The fraction of sp³-hybridized carbons (Fsp3) is 0.895. The highest BCUT2D eigenvalue weighted by molar-refractivity contribution is 6.71. The van der Waals surface area contributed by atoms with E-state index in [0.29, 0.717) is 6.10 Å². The molecule has 0 spiro atoms. The first-order valence-electron chi connectivity index (χ1n) is 9.34. The van der Waals surface area contributed by atoms with Crippen molar-refractivity contribution in [2.75, 3.05) is 0 Å². The Hall–Kier alpha value is -0.0831. The van der Waals surface area contributed by atoms with Crippen molar-refractivity contribution in [3.63, 3.8) is 0 Å². The lowest BCUT2D eigenvalue weighted by atomic mass is 10.0. The third-order valence-corrected chi connectivity index (χ3v) is 6.36. The molecule has 0 heterocycles. The van der Waals surface area contributed by atoms with E-state index in [1.54, 1.807) is 0 Å². The minimum atomic E-state index is -1.51. The van der Waals surface area contributed by atoms with E-state index in [-0.39, 0.29) is 0 Å². The topological polar surface area (TPSA) is 9.23 Å². The molecular formula is C19H40OSi.